The Morgan fingerprint density at radius 3 is 2.59 bits per heavy atom. The fraction of sp³-hybridized carbons (Fsp3) is 0.529. The van der Waals surface area contributed by atoms with E-state index >= 15 is 0 Å². The minimum absolute atomic E-state index is 0.0269. The van der Waals surface area contributed by atoms with Gasteiger partial charge in [-0.15, -0.1) is 0 Å². The molecule has 0 aliphatic heterocycles. The van der Waals surface area contributed by atoms with Gasteiger partial charge in [-0.25, -0.2) is 0 Å². The molecule has 1 aromatic carbocycles. The minimum atomic E-state index is -4.62. The van der Waals surface area contributed by atoms with Crippen molar-refractivity contribution < 1.29 is 27.5 Å². The summed E-state index contributed by atoms with van der Waals surface area (Å²) in [5.74, 6) is -0.806. The first-order valence-corrected chi connectivity index (χ1v) is 8.57. The zero-order valence-corrected chi connectivity index (χ0v) is 16.1. The summed E-state index contributed by atoms with van der Waals surface area (Å²) in [5, 5.41) is 4.65. The maximum absolute atomic E-state index is 12.9. The molecular formula is C17H23ClF3N3O3. The zero-order chi connectivity index (χ0) is 20.6. The summed E-state index contributed by atoms with van der Waals surface area (Å²) in [4.78, 5) is 25.6. The Morgan fingerprint density at radius 1 is 1.33 bits per heavy atom. The Bertz CT molecular complexity index is 656. The molecule has 0 aromatic heterocycles. The topological polar surface area (TPSA) is 70.7 Å². The van der Waals surface area contributed by atoms with Crippen LogP contribution in [-0.4, -0.2) is 56.6 Å². The van der Waals surface area contributed by atoms with Crippen molar-refractivity contribution in [3.8, 4) is 0 Å². The van der Waals surface area contributed by atoms with E-state index in [0.717, 1.165) is 12.1 Å². The third kappa shape index (κ3) is 7.74. The first-order valence-electron chi connectivity index (χ1n) is 8.19. The summed E-state index contributed by atoms with van der Waals surface area (Å²) >= 11 is 5.56. The van der Waals surface area contributed by atoms with Crippen LogP contribution in [0.3, 0.4) is 0 Å². The SMILES string of the molecule is COCCCNC(=O)CN(C)C(C)C(=O)Nc1ccc(Cl)c(C(F)(F)F)c1. The van der Waals surface area contributed by atoms with Gasteiger partial charge in [0.15, 0.2) is 0 Å². The fourth-order valence-electron chi connectivity index (χ4n) is 2.13. The van der Waals surface area contributed by atoms with Gasteiger partial charge in [0.05, 0.1) is 23.2 Å². The lowest BCUT2D eigenvalue weighted by Crippen LogP contribution is -2.45. The molecule has 0 aliphatic carbocycles. The molecule has 1 rings (SSSR count). The van der Waals surface area contributed by atoms with Crippen molar-refractivity contribution >= 4 is 29.1 Å². The molecule has 6 nitrogen and oxygen atoms in total. The van der Waals surface area contributed by atoms with Crippen LogP contribution in [0.15, 0.2) is 18.2 Å². The summed E-state index contributed by atoms with van der Waals surface area (Å²) in [6.45, 7) is 2.49. The summed E-state index contributed by atoms with van der Waals surface area (Å²) in [6.07, 6.45) is -3.96. The second-order valence-corrected chi connectivity index (χ2v) is 6.38. The summed E-state index contributed by atoms with van der Waals surface area (Å²) in [5.41, 5.74) is -1.06. The number of amides is 2. The van der Waals surface area contributed by atoms with Gasteiger partial charge in [0, 0.05) is 25.9 Å². The van der Waals surface area contributed by atoms with Crippen LogP contribution in [-0.2, 0) is 20.5 Å². The molecular weight excluding hydrogens is 387 g/mol. The molecule has 0 saturated carbocycles. The average Bonchev–Trinajstić information content (AvgIpc) is 2.58. The van der Waals surface area contributed by atoms with E-state index in [1.165, 1.54) is 11.0 Å². The normalized spacial score (nSPS) is 12.7. The van der Waals surface area contributed by atoms with E-state index in [0.29, 0.717) is 19.6 Å². The van der Waals surface area contributed by atoms with Crippen molar-refractivity contribution in [1.82, 2.24) is 10.2 Å². The number of rotatable bonds is 9. The molecule has 1 atom stereocenters. The number of hydrogen-bond donors (Lipinski definition) is 2. The Hall–Kier alpha value is -1.84. The van der Waals surface area contributed by atoms with Crippen molar-refractivity contribution in [3.05, 3.63) is 28.8 Å². The van der Waals surface area contributed by atoms with Gasteiger partial charge in [0.25, 0.3) is 0 Å². The molecule has 10 heteroatoms. The average molecular weight is 410 g/mol. The standard InChI is InChI=1S/C17H23ClF3N3O3/c1-11(24(2)10-15(25)22-7-4-8-27-3)16(26)23-12-5-6-14(18)13(9-12)17(19,20)21/h5-6,9,11H,4,7-8,10H2,1-3H3,(H,22,25)(H,23,26). The van der Waals surface area contributed by atoms with Gasteiger partial charge in [-0.2, -0.15) is 13.2 Å². The number of alkyl halides is 3. The summed E-state index contributed by atoms with van der Waals surface area (Å²) < 4.78 is 43.5. The van der Waals surface area contributed by atoms with Crippen molar-refractivity contribution in [2.45, 2.75) is 25.6 Å². The third-order valence-corrected chi connectivity index (χ3v) is 4.15. The molecule has 1 unspecified atom stereocenters. The van der Waals surface area contributed by atoms with Gasteiger partial charge in [-0.05, 0) is 38.6 Å². The molecule has 1 aromatic rings. The maximum Gasteiger partial charge on any atom is 0.417 e. The number of benzene rings is 1. The fourth-order valence-corrected chi connectivity index (χ4v) is 2.36. The van der Waals surface area contributed by atoms with Crippen molar-refractivity contribution in [2.24, 2.45) is 0 Å². The number of hydrogen-bond acceptors (Lipinski definition) is 4. The van der Waals surface area contributed by atoms with Crippen molar-refractivity contribution in [1.29, 1.82) is 0 Å². The molecule has 0 radical (unpaired) electrons. The Kier molecular flexibility index (Phi) is 9.01. The number of likely N-dealkylation sites (N-methyl/N-ethyl adjacent to an activating group) is 1. The molecule has 27 heavy (non-hydrogen) atoms. The maximum atomic E-state index is 12.9. The number of ether oxygens (including phenoxy) is 1. The number of halogens is 4. The van der Waals surface area contributed by atoms with E-state index in [9.17, 15) is 22.8 Å². The first-order chi connectivity index (χ1) is 12.6. The van der Waals surface area contributed by atoms with Crippen LogP contribution < -0.4 is 10.6 Å². The second-order valence-electron chi connectivity index (χ2n) is 5.97. The highest BCUT2D eigenvalue weighted by Gasteiger charge is 2.33. The van der Waals surface area contributed by atoms with Crippen LogP contribution in [0.4, 0.5) is 18.9 Å². The van der Waals surface area contributed by atoms with E-state index in [4.69, 9.17) is 16.3 Å². The molecule has 0 saturated heterocycles. The second kappa shape index (κ2) is 10.5. The highest BCUT2D eigenvalue weighted by Crippen LogP contribution is 2.36. The molecule has 0 bridgehead atoms. The molecule has 0 heterocycles. The summed E-state index contributed by atoms with van der Waals surface area (Å²) in [7, 11) is 3.14. The van der Waals surface area contributed by atoms with Crippen LogP contribution in [0.5, 0.6) is 0 Å². The lowest BCUT2D eigenvalue weighted by molar-refractivity contribution is -0.137. The van der Waals surface area contributed by atoms with E-state index in [-0.39, 0.29) is 18.1 Å². The third-order valence-electron chi connectivity index (χ3n) is 3.82. The van der Waals surface area contributed by atoms with Crippen LogP contribution in [0.25, 0.3) is 0 Å². The van der Waals surface area contributed by atoms with E-state index < -0.39 is 28.7 Å². The van der Waals surface area contributed by atoms with Crippen LogP contribution >= 0.6 is 11.6 Å². The van der Waals surface area contributed by atoms with Gasteiger partial charge < -0.3 is 15.4 Å². The predicted molar refractivity (Wildman–Crippen MR) is 96.7 cm³/mol. The van der Waals surface area contributed by atoms with Gasteiger partial charge in [-0.3, -0.25) is 14.5 Å². The molecule has 0 spiro atoms. The molecule has 2 amide bonds. The van der Waals surface area contributed by atoms with Crippen molar-refractivity contribution in [3.63, 3.8) is 0 Å². The number of methoxy groups -OCH3 is 1. The monoisotopic (exact) mass is 409 g/mol. The van der Waals surface area contributed by atoms with Gasteiger partial charge >= 0.3 is 6.18 Å². The number of anilines is 1. The highest BCUT2D eigenvalue weighted by molar-refractivity contribution is 6.31. The lowest BCUT2D eigenvalue weighted by Gasteiger charge is -2.23. The van der Waals surface area contributed by atoms with Gasteiger partial charge in [0.2, 0.25) is 11.8 Å². The van der Waals surface area contributed by atoms with E-state index in [2.05, 4.69) is 10.6 Å². The van der Waals surface area contributed by atoms with Gasteiger partial charge in [0.1, 0.15) is 0 Å². The largest absolute Gasteiger partial charge is 0.417 e. The Morgan fingerprint density at radius 2 is 2.00 bits per heavy atom. The minimum Gasteiger partial charge on any atom is -0.385 e. The molecule has 0 aliphatic rings. The molecule has 0 fully saturated rings. The van der Waals surface area contributed by atoms with Crippen molar-refractivity contribution in [2.75, 3.05) is 39.2 Å². The number of nitrogens with one attached hydrogen (secondary N) is 2. The number of nitrogens with zero attached hydrogens (tertiary/aromatic N) is 1. The van der Waals surface area contributed by atoms with E-state index in [1.807, 2.05) is 0 Å². The summed E-state index contributed by atoms with van der Waals surface area (Å²) in [6, 6.07) is 2.39. The lowest BCUT2D eigenvalue weighted by atomic mass is 10.2. The highest BCUT2D eigenvalue weighted by atomic mass is 35.5. The number of carbonyl (C=O) groups is 2. The Labute approximate surface area is 161 Å². The van der Waals surface area contributed by atoms with Crippen LogP contribution in [0.2, 0.25) is 5.02 Å². The molecule has 2 N–H and O–H groups in total. The predicted octanol–water partition coefficient (Wildman–Crippen LogP) is 2.77. The van der Waals surface area contributed by atoms with Crippen LogP contribution in [0.1, 0.15) is 18.9 Å². The Balaban J connectivity index is 2.62. The molecule has 152 valence electrons. The smallest absolute Gasteiger partial charge is 0.385 e. The number of carbonyl (C=O) groups excluding carboxylic acids is 2. The quantitative estimate of drug-likeness (QED) is 0.615. The van der Waals surface area contributed by atoms with Crippen LogP contribution in [0, 0.1) is 0 Å². The first kappa shape index (κ1) is 23.2. The van der Waals surface area contributed by atoms with Gasteiger partial charge in [-0.1, -0.05) is 11.6 Å². The van der Waals surface area contributed by atoms with E-state index in [1.54, 1.807) is 21.1 Å². The zero-order valence-electron chi connectivity index (χ0n) is 15.3.